The lowest BCUT2D eigenvalue weighted by Crippen LogP contribution is -2.27. The van der Waals surface area contributed by atoms with Crippen molar-refractivity contribution in [3.8, 4) is 11.6 Å². The highest BCUT2D eigenvalue weighted by Gasteiger charge is 2.30. The van der Waals surface area contributed by atoms with Gasteiger partial charge in [0.1, 0.15) is 12.4 Å². The highest BCUT2D eigenvalue weighted by molar-refractivity contribution is 5.45. The number of hydrogen-bond donors (Lipinski definition) is 0. The van der Waals surface area contributed by atoms with Gasteiger partial charge in [0.25, 0.3) is 0 Å². The van der Waals surface area contributed by atoms with Gasteiger partial charge in [-0.15, -0.1) is 5.10 Å². The molecule has 0 bridgehead atoms. The maximum absolute atomic E-state index is 12.7. The smallest absolute Gasteiger partial charge is 0.408 e. The molecule has 22 heavy (non-hydrogen) atoms. The van der Waals surface area contributed by atoms with Crippen LogP contribution in [0.5, 0.6) is 0 Å². The Morgan fingerprint density at radius 1 is 1.41 bits per heavy atom. The molecule has 0 saturated heterocycles. The van der Waals surface area contributed by atoms with Gasteiger partial charge in [0.05, 0.1) is 19.4 Å². The molecule has 122 valence electrons. The van der Waals surface area contributed by atoms with Crippen LogP contribution in [0.4, 0.5) is 13.2 Å². The number of alkyl halides is 3. The highest BCUT2D eigenvalue weighted by Crippen LogP contribution is 2.21. The van der Waals surface area contributed by atoms with E-state index in [-0.39, 0.29) is 18.2 Å². The molecule has 2 aromatic heterocycles. The van der Waals surface area contributed by atoms with Crippen LogP contribution < -0.4 is 0 Å². The minimum Gasteiger partial charge on any atom is -0.461 e. The second-order valence-electron chi connectivity index (χ2n) is 4.83. The van der Waals surface area contributed by atoms with Gasteiger partial charge in [-0.2, -0.15) is 13.2 Å². The average Bonchev–Trinajstić information content (AvgIpc) is 3.05. The Morgan fingerprint density at radius 3 is 2.77 bits per heavy atom. The fraction of sp³-hybridized carbons (Fsp3) is 0.538. The Labute approximate surface area is 125 Å². The zero-order valence-electron chi connectivity index (χ0n) is 12.3. The first-order chi connectivity index (χ1) is 10.4. The van der Waals surface area contributed by atoms with Crippen molar-refractivity contribution in [1.29, 1.82) is 0 Å². The summed E-state index contributed by atoms with van der Waals surface area (Å²) in [4.78, 5) is 5.97. The van der Waals surface area contributed by atoms with Crippen LogP contribution in [0.2, 0.25) is 0 Å². The van der Waals surface area contributed by atoms with E-state index in [4.69, 9.17) is 9.15 Å². The Hall–Kier alpha value is -1.87. The van der Waals surface area contributed by atoms with E-state index >= 15 is 0 Å². The van der Waals surface area contributed by atoms with Crippen LogP contribution in [0, 0.1) is 0 Å². The first kappa shape index (κ1) is 16.5. The zero-order valence-corrected chi connectivity index (χ0v) is 12.3. The molecule has 0 N–H and O–H groups in total. The minimum atomic E-state index is -4.37. The summed E-state index contributed by atoms with van der Waals surface area (Å²) < 4.78 is 48.9. The Balaban J connectivity index is 2.21. The maximum atomic E-state index is 12.7. The van der Waals surface area contributed by atoms with Gasteiger partial charge >= 0.3 is 6.18 Å². The van der Waals surface area contributed by atoms with Gasteiger partial charge in [-0.05, 0) is 19.2 Å². The Kier molecular flexibility index (Phi) is 5.19. The molecule has 2 heterocycles. The van der Waals surface area contributed by atoms with E-state index in [0.717, 1.165) is 4.68 Å². The van der Waals surface area contributed by atoms with Gasteiger partial charge in [0, 0.05) is 13.7 Å². The van der Waals surface area contributed by atoms with Gasteiger partial charge in [-0.25, -0.2) is 9.67 Å². The van der Waals surface area contributed by atoms with Crippen molar-refractivity contribution in [1.82, 2.24) is 19.7 Å². The molecule has 0 unspecified atom stereocenters. The van der Waals surface area contributed by atoms with Crippen LogP contribution >= 0.6 is 0 Å². The lowest BCUT2D eigenvalue weighted by Gasteiger charge is -2.16. The lowest BCUT2D eigenvalue weighted by atomic mass is 10.4. The first-order valence-corrected chi connectivity index (χ1v) is 6.61. The monoisotopic (exact) mass is 318 g/mol. The predicted molar refractivity (Wildman–Crippen MR) is 72.0 cm³/mol. The molecule has 2 aromatic rings. The molecule has 0 fully saturated rings. The van der Waals surface area contributed by atoms with Crippen LogP contribution in [-0.2, 0) is 17.8 Å². The minimum absolute atomic E-state index is 0.143. The van der Waals surface area contributed by atoms with Gasteiger partial charge < -0.3 is 9.15 Å². The van der Waals surface area contributed by atoms with Crippen molar-refractivity contribution in [2.45, 2.75) is 19.3 Å². The largest absolute Gasteiger partial charge is 0.461 e. The van der Waals surface area contributed by atoms with Crippen molar-refractivity contribution >= 4 is 0 Å². The topological polar surface area (TPSA) is 56.3 Å². The number of methoxy groups -OCH3 is 1. The summed E-state index contributed by atoms with van der Waals surface area (Å²) in [7, 11) is 3.34. The van der Waals surface area contributed by atoms with Crippen LogP contribution in [0.3, 0.4) is 0 Å². The number of halogens is 3. The molecule has 0 radical (unpaired) electrons. The van der Waals surface area contributed by atoms with E-state index in [2.05, 4.69) is 10.1 Å². The molecule has 2 rings (SSSR count). The van der Waals surface area contributed by atoms with E-state index in [1.54, 1.807) is 26.3 Å². The number of ether oxygens (including phenoxy) is 1. The third-order valence-corrected chi connectivity index (χ3v) is 2.91. The molecular formula is C13H17F3N4O2. The zero-order chi connectivity index (χ0) is 16.2. The quantitative estimate of drug-likeness (QED) is 0.783. The number of furan rings is 1. The van der Waals surface area contributed by atoms with Gasteiger partial charge in [0.15, 0.2) is 5.76 Å². The summed E-state index contributed by atoms with van der Waals surface area (Å²) in [6, 6.07) is 3.23. The second kappa shape index (κ2) is 6.93. The molecule has 9 heteroatoms. The lowest BCUT2D eigenvalue weighted by molar-refractivity contribution is -0.143. The number of hydrogen-bond acceptors (Lipinski definition) is 5. The molecule has 0 aliphatic rings. The van der Waals surface area contributed by atoms with Gasteiger partial charge in [0.2, 0.25) is 5.82 Å². The summed E-state index contributed by atoms with van der Waals surface area (Å²) >= 11 is 0. The molecule has 0 aromatic carbocycles. The number of likely N-dealkylation sites (N-methyl/N-ethyl adjacent to an activating group) is 1. The van der Waals surface area contributed by atoms with Crippen molar-refractivity contribution in [3.05, 3.63) is 24.2 Å². The van der Waals surface area contributed by atoms with Crippen LogP contribution in [0.25, 0.3) is 11.6 Å². The molecule has 0 saturated carbocycles. The molecular weight excluding hydrogens is 301 g/mol. The number of nitrogens with zero attached hydrogens (tertiary/aromatic N) is 4. The van der Waals surface area contributed by atoms with E-state index in [1.165, 1.54) is 6.26 Å². The third-order valence-electron chi connectivity index (χ3n) is 2.91. The molecule has 0 amide bonds. The standard InChI is InChI=1S/C13H17F3N4O2/c1-19(5-7-21-2)8-11-17-12(10-4-3-6-22-10)18-20(11)9-13(14,15)16/h3-4,6H,5,7-9H2,1-2H3. The van der Waals surface area contributed by atoms with E-state index in [1.807, 2.05) is 4.90 Å². The fourth-order valence-electron chi connectivity index (χ4n) is 1.87. The molecule has 6 nitrogen and oxygen atoms in total. The third kappa shape index (κ3) is 4.57. The summed E-state index contributed by atoms with van der Waals surface area (Å²) in [6.45, 7) is 0.0989. The molecule has 0 aliphatic heterocycles. The number of rotatable bonds is 7. The van der Waals surface area contributed by atoms with E-state index in [9.17, 15) is 13.2 Å². The van der Waals surface area contributed by atoms with Crippen molar-refractivity contribution in [3.63, 3.8) is 0 Å². The molecule has 0 atom stereocenters. The number of aromatic nitrogens is 3. The fourth-order valence-corrected chi connectivity index (χ4v) is 1.87. The maximum Gasteiger partial charge on any atom is 0.408 e. The first-order valence-electron chi connectivity index (χ1n) is 6.61. The second-order valence-corrected chi connectivity index (χ2v) is 4.83. The Bertz CT molecular complexity index is 581. The summed E-state index contributed by atoms with van der Waals surface area (Å²) in [6.07, 6.45) is -2.95. The average molecular weight is 318 g/mol. The predicted octanol–water partition coefficient (Wildman–Crippen LogP) is 2.18. The Morgan fingerprint density at radius 2 is 2.18 bits per heavy atom. The van der Waals surface area contributed by atoms with Crippen LogP contribution in [-0.4, -0.2) is 53.1 Å². The van der Waals surface area contributed by atoms with Gasteiger partial charge in [-0.3, -0.25) is 4.90 Å². The molecule has 0 aliphatic carbocycles. The summed E-state index contributed by atoms with van der Waals surface area (Å²) in [5.74, 6) is 0.702. The van der Waals surface area contributed by atoms with Crippen molar-refractivity contribution < 1.29 is 22.3 Å². The normalized spacial score (nSPS) is 12.3. The van der Waals surface area contributed by atoms with Crippen LogP contribution in [0.15, 0.2) is 22.8 Å². The van der Waals surface area contributed by atoms with Gasteiger partial charge in [-0.1, -0.05) is 0 Å². The SMILES string of the molecule is COCCN(C)Cc1nc(-c2ccco2)nn1CC(F)(F)F. The van der Waals surface area contributed by atoms with Crippen molar-refractivity contribution in [2.75, 3.05) is 27.3 Å². The molecule has 0 spiro atoms. The van der Waals surface area contributed by atoms with E-state index in [0.29, 0.717) is 18.9 Å². The van der Waals surface area contributed by atoms with E-state index < -0.39 is 12.7 Å². The summed E-state index contributed by atoms with van der Waals surface area (Å²) in [5, 5.41) is 3.91. The van der Waals surface area contributed by atoms with Crippen LogP contribution in [0.1, 0.15) is 5.82 Å². The van der Waals surface area contributed by atoms with Crippen molar-refractivity contribution in [2.24, 2.45) is 0 Å². The summed E-state index contributed by atoms with van der Waals surface area (Å²) in [5.41, 5.74) is 0. The highest BCUT2D eigenvalue weighted by atomic mass is 19.4.